The van der Waals surface area contributed by atoms with Crippen LogP contribution < -0.4 is 0 Å². The lowest BCUT2D eigenvalue weighted by Gasteiger charge is -2.15. The molecule has 0 amide bonds. The molecule has 0 atom stereocenters. The van der Waals surface area contributed by atoms with Crippen molar-refractivity contribution in [3.8, 4) is 11.1 Å². The topological polar surface area (TPSA) is 0 Å². The molecule has 0 spiro atoms. The Hall–Kier alpha value is -1.86. The zero-order valence-electron chi connectivity index (χ0n) is 11.9. The van der Waals surface area contributed by atoms with Crippen LogP contribution in [-0.2, 0) is 6.42 Å². The van der Waals surface area contributed by atoms with Crippen LogP contribution in [0.15, 0.2) is 59.1 Å². The molecule has 1 aliphatic rings. The van der Waals surface area contributed by atoms with Gasteiger partial charge in [0, 0.05) is 4.47 Å². The number of rotatable bonds is 1. The van der Waals surface area contributed by atoms with Crippen LogP contribution in [-0.4, -0.2) is 0 Å². The van der Waals surface area contributed by atoms with E-state index in [0.717, 1.165) is 6.42 Å². The van der Waals surface area contributed by atoms with Crippen LogP contribution in [0.1, 0.15) is 16.7 Å². The SMILES string of the molecule is Cc1cc(-c2cccc3ccccc23)c2c(c1Br)C=CC2. The average molecular weight is 335 g/mol. The third kappa shape index (κ3) is 1.96. The molecule has 4 rings (SSSR count). The van der Waals surface area contributed by atoms with Crippen LogP contribution >= 0.6 is 15.9 Å². The van der Waals surface area contributed by atoms with Gasteiger partial charge in [0.25, 0.3) is 0 Å². The summed E-state index contributed by atoms with van der Waals surface area (Å²) in [5, 5.41) is 2.63. The van der Waals surface area contributed by atoms with Crippen molar-refractivity contribution in [3.05, 3.63) is 75.8 Å². The molecule has 3 aromatic rings. The van der Waals surface area contributed by atoms with E-state index in [0.29, 0.717) is 0 Å². The maximum atomic E-state index is 3.74. The second-order valence-electron chi connectivity index (χ2n) is 5.58. The predicted octanol–water partition coefficient (Wildman–Crippen LogP) is 6.15. The van der Waals surface area contributed by atoms with Crippen molar-refractivity contribution < 1.29 is 0 Å². The highest BCUT2D eigenvalue weighted by atomic mass is 79.9. The van der Waals surface area contributed by atoms with Gasteiger partial charge in [0.1, 0.15) is 0 Å². The summed E-state index contributed by atoms with van der Waals surface area (Å²) in [6, 6.07) is 17.5. The molecule has 0 aliphatic heterocycles. The van der Waals surface area contributed by atoms with Crippen LogP contribution in [0.4, 0.5) is 0 Å². The molecule has 102 valence electrons. The van der Waals surface area contributed by atoms with Gasteiger partial charge in [-0.1, -0.05) is 54.6 Å². The number of aryl methyl sites for hydroxylation is 1. The van der Waals surface area contributed by atoms with E-state index in [1.165, 1.54) is 43.1 Å². The number of fused-ring (bicyclic) bond motifs is 2. The highest BCUT2D eigenvalue weighted by molar-refractivity contribution is 9.10. The molecule has 1 aliphatic carbocycles. The second-order valence-corrected chi connectivity index (χ2v) is 6.37. The molecule has 21 heavy (non-hydrogen) atoms. The number of allylic oxidation sites excluding steroid dienone is 1. The monoisotopic (exact) mass is 334 g/mol. The molecule has 0 unspecified atom stereocenters. The van der Waals surface area contributed by atoms with Gasteiger partial charge in [-0.05, 0) is 73.9 Å². The van der Waals surface area contributed by atoms with Gasteiger partial charge in [-0.25, -0.2) is 0 Å². The first-order valence-corrected chi connectivity index (χ1v) is 8.01. The van der Waals surface area contributed by atoms with Crippen LogP contribution in [0.2, 0.25) is 0 Å². The van der Waals surface area contributed by atoms with Crippen molar-refractivity contribution in [2.45, 2.75) is 13.3 Å². The van der Waals surface area contributed by atoms with E-state index in [2.05, 4.69) is 83.5 Å². The Balaban J connectivity index is 2.07. The predicted molar refractivity (Wildman–Crippen MR) is 94.6 cm³/mol. The van der Waals surface area contributed by atoms with Crippen molar-refractivity contribution in [3.63, 3.8) is 0 Å². The van der Waals surface area contributed by atoms with E-state index < -0.39 is 0 Å². The molecule has 0 radical (unpaired) electrons. The molecule has 0 N–H and O–H groups in total. The van der Waals surface area contributed by atoms with E-state index in [1.807, 2.05) is 0 Å². The second kappa shape index (κ2) is 4.85. The Morgan fingerprint density at radius 2 is 1.76 bits per heavy atom. The molecule has 0 heterocycles. The smallest absolute Gasteiger partial charge is 0.0280 e. The van der Waals surface area contributed by atoms with Gasteiger partial charge in [-0.15, -0.1) is 0 Å². The maximum absolute atomic E-state index is 3.74. The van der Waals surface area contributed by atoms with E-state index in [9.17, 15) is 0 Å². The van der Waals surface area contributed by atoms with Gasteiger partial charge in [-0.3, -0.25) is 0 Å². The minimum atomic E-state index is 1.02. The number of benzene rings is 3. The Kier molecular flexibility index (Phi) is 2.97. The first kappa shape index (κ1) is 12.8. The largest absolute Gasteiger partial charge is 0.0794 e. The first-order chi connectivity index (χ1) is 10.3. The van der Waals surface area contributed by atoms with E-state index >= 15 is 0 Å². The van der Waals surface area contributed by atoms with E-state index in [1.54, 1.807) is 0 Å². The highest BCUT2D eigenvalue weighted by Gasteiger charge is 2.17. The Morgan fingerprint density at radius 3 is 2.67 bits per heavy atom. The van der Waals surface area contributed by atoms with Gasteiger partial charge < -0.3 is 0 Å². The molecule has 0 saturated heterocycles. The molecule has 0 nitrogen and oxygen atoms in total. The third-order valence-electron chi connectivity index (χ3n) is 4.28. The van der Waals surface area contributed by atoms with Gasteiger partial charge >= 0.3 is 0 Å². The highest BCUT2D eigenvalue weighted by Crippen LogP contribution is 2.40. The quantitative estimate of drug-likeness (QED) is 0.500. The summed E-state index contributed by atoms with van der Waals surface area (Å²) in [5.41, 5.74) is 6.78. The van der Waals surface area contributed by atoms with Crippen LogP contribution in [0.3, 0.4) is 0 Å². The molecule has 1 heteroatoms. The van der Waals surface area contributed by atoms with Crippen molar-refractivity contribution in [1.82, 2.24) is 0 Å². The number of hydrogen-bond donors (Lipinski definition) is 0. The summed E-state index contributed by atoms with van der Waals surface area (Å²) in [4.78, 5) is 0. The van der Waals surface area contributed by atoms with E-state index in [4.69, 9.17) is 0 Å². The van der Waals surface area contributed by atoms with E-state index in [-0.39, 0.29) is 0 Å². The molecule has 0 fully saturated rings. The van der Waals surface area contributed by atoms with Gasteiger partial charge in [0.15, 0.2) is 0 Å². The molecule has 0 saturated carbocycles. The standard InChI is InChI=1S/C20H15Br/c1-13-12-19(17-10-5-11-18(17)20(13)21)16-9-4-7-14-6-2-3-8-15(14)16/h2-9,11-12H,10H2,1H3. The Morgan fingerprint density at radius 1 is 0.952 bits per heavy atom. The van der Waals surface area contributed by atoms with Crippen molar-refractivity contribution >= 4 is 32.8 Å². The van der Waals surface area contributed by atoms with Crippen molar-refractivity contribution in [2.24, 2.45) is 0 Å². The summed E-state index contributed by atoms with van der Waals surface area (Å²) in [6.07, 6.45) is 5.51. The fourth-order valence-electron chi connectivity index (χ4n) is 3.25. The normalized spacial score (nSPS) is 12.9. The zero-order chi connectivity index (χ0) is 14.4. The van der Waals surface area contributed by atoms with Crippen LogP contribution in [0.25, 0.3) is 28.0 Å². The minimum Gasteiger partial charge on any atom is -0.0794 e. The lowest BCUT2D eigenvalue weighted by Crippen LogP contribution is -1.93. The molecule has 0 bridgehead atoms. The summed E-state index contributed by atoms with van der Waals surface area (Å²) < 4.78 is 1.23. The lowest BCUT2D eigenvalue weighted by molar-refractivity contribution is 1.28. The third-order valence-corrected chi connectivity index (χ3v) is 5.33. The minimum absolute atomic E-state index is 1.02. The lowest BCUT2D eigenvalue weighted by atomic mass is 9.91. The average Bonchev–Trinajstić information content (AvgIpc) is 3.00. The molecule has 3 aromatic carbocycles. The fourth-order valence-corrected chi connectivity index (χ4v) is 3.73. The van der Waals surface area contributed by atoms with Crippen LogP contribution in [0, 0.1) is 6.92 Å². The summed E-state index contributed by atoms with van der Waals surface area (Å²) in [5.74, 6) is 0. The van der Waals surface area contributed by atoms with Crippen molar-refractivity contribution in [2.75, 3.05) is 0 Å². The van der Waals surface area contributed by atoms with Gasteiger partial charge in [-0.2, -0.15) is 0 Å². The molecular formula is C20H15Br. The van der Waals surface area contributed by atoms with Crippen molar-refractivity contribution in [1.29, 1.82) is 0 Å². The number of halogens is 1. The summed E-state index contributed by atoms with van der Waals surface area (Å²) in [6.45, 7) is 2.17. The van der Waals surface area contributed by atoms with Crippen LogP contribution in [0.5, 0.6) is 0 Å². The summed E-state index contributed by atoms with van der Waals surface area (Å²) in [7, 11) is 0. The Labute approximate surface area is 133 Å². The fraction of sp³-hybridized carbons (Fsp3) is 0.100. The maximum Gasteiger partial charge on any atom is 0.0280 e. The number of hydrogen-bond acceptors (Lipinski definition) is 0. The van der Waals surface area contributed by atoms with Gasteiger partial charge in [0.05, 0.1) is 0 Å². The molecular weight excluding hydrogens is 320 g/mol. The molecule has 0 aromatic heterocycles. The zero-order valence-corrected chi connectivity index (χ0v) is 13.4. The Bertz CT molecular complexity index is 882. The van der Waals surface area contributed by atoms with Gasteiger partial charge in [0.2, 0.25) is 0 Å². The first-order valence-electron chi connectivity index (χ1n) is 7.22. The summed E-state index contributed by atoms with van der Waals surface area (Å²) >= 11 is 3.74.